The fourth-order valence-electron chi connectivity index (χ4n) is 3.96. The van der Waals surface area contributed by atoms with Gasteiger partial charge in [-0.15, -0.1) is 11.8 Å². The molecular formula is C22H29BrN2O5S. The molecule has 2 fully saturated rings. The molecule has 1 heterocycles. The molecule has 7 nitrogen and oxygen atoms in total. The number of thioether (sulfide) groups is 1. The fraction of sp³-hybridized carbons (Fsp3) is 0.545. The van der Waals surface area contributed by atoms with Gasteiger partial charge in [-0.2, -0.15) is 0 Å². The molecule has 2 amide bonds. The Morgan fingerprint density at radius 3 is 2.71 bits per heavy atom. The van der Waals surface area contributed by atoms with Gasteiger partial charge in [0.15, 0.2) is 6.29 Å². The molecule has 31 heavy (non-hydrogen) atoms. The summed E-state index contributed by atoms with van der Waals surface area (Å²) in [5.41, 5.74) is 0.908. The predicted molar refractivity (Wildman–Crippen MR) is 125 cm³/mol. The van der Waals surface area contributed by atoms with Gasteiger partial charge in [-0.1, -0.05) is 18.9 Å². The molecule has 0 radical (unpaired) electrons. The van der Waals surface area contributed by atoms with Crippen LogP contribution in [0, 0.1) is 0 Å². The molecule has 2 unspecified atom stereocenters. The van der Waals surface area contributed by atoms with Crippen molar-refractivity contribution in [3.8, 4) is 5.75 Å². The van der Waals surface area contributed by atoms with Crippen LogP contribution in [0.1, 0.15) is 31.2 Å². The summed E-state index contributed by atoms with van der Waals surface area (Å²) in [6.07, 6.45) is 5.58. The molecular weight excluding hydrogens is 484 g/mol. The largest absolute Gasteiger partial charge is 0.496 e. The molecule has 1 aromatic rings. The maximum atomic E-state index is 13.3. The van der Waals surface area contributed by atoms with E-state index >= 15 is 0 Å². The van der Waals surface area contributed by atoms with Crippen LogP contribution in [-0.4, -0.2) is 68.7 Å². The lowest BCUT2D eigenvalue weighted by Crippen LogP contribution is -2.54. The molecule has 1 aromatic carbocycles. The Hall–Kier alpha value is -1.55. The number of amides is 2. The van der Waals surface area contributed by atoms with Crippen LogP contribution in [0.4, 0.5) is 0 Å². The summed E-state index contributed by atoms with van der Waals surface area (Å²) in [5.74, 6) is 0.432. The number of carbonyl (C=O) groups is 2. The molecule has 1 saturated carbocycles. The van der Waals surface area contributed by atoms with E-state index in [1.165, 1.54) is 14.2 Å². The van der Waals surface area contributed by atoms with Gasteiger partial charge in [-0.3, -0.25) is 9.59 Å². The van der Waals surface area contributed by atoms with Crippen LogP contribution in [0.3, 0.4) is 0 Å². The van der Waals surface area contributed by atoms with Crippen molar-refractivity contribution in [2.75, 3.05) is 34.4 Å². The Labute approximate surface area is 196 Å². The summed E-state index contributed by atoms with van der Waals surface area (Å²) >= 11 is 5.14. The highest BCUT2D eigenvalue weighted by molar-refractivity contribution is 9.10. The van der Waals surface area contributed by atoms with E-state index in [0.717, 1.165) is 41.5 Å². The highest BCUT2D eigenvalue weighted by atomic mass is 79.9. The van der Waals surface area contributed by atoms with Crippen LogP contribution in [0.5, 0.6) is 5.75 Å². The van der Waals surface area contributed by atoms with Crippen molar-refractivity contribution >= 4 is 45.6 Å². The Morgan fingerprint density at radius 1 is 1.29 bits per heavy atom. The van der Waals surface area contributed by atoms with Gasteiger partial charge in [0.2, 0.25) is 5.91 Å². The highest BCUT2D eigenvalue weighted by Crippen LogP contribution is 2.42. The number of hydrogen-bond donors (Lipinski definition) is 1. The summed E-state index contributed by atoms with van der Waals surface area (Å²) in [6.45, 7) is 0.267. The van der Waals surface area contributed by atoms with Gasteiger partial charge in [0, 0.05) is 25.5 Å². The Kier molecular flexibility index (Phi) is 8.83. The maximum absolute atomic E-state index is 13.3. The number of nitrogens with zero attached hydrogens (tertiary/aromatic N) is 1. The molecule has 0 aromatic heterocycles. The number of ether oxygens (including phenoxy) is 3. The standard InChI is InChI=1S/C22H29BrN2O5S/c1-28-17-9-8-14(10-15(17)23)11-19-22(27)25(16-6-4-5-7-18(16)31-19)13-20(26)24-12-21(29-2)30-3/h8-11,16,18,21H,4-7,12-13H2,1-3H3,(H,24,26)/b19-11+. The second kappa shape index (κ2) is 11.4. The van der Waals surface area contributed by atoms with Gasteiger partial charge >= 0.3 is 0 Å². The van der Waals surface area contributed by atoms with Crippen LogP contribution < -0.4 is 10.1 Å². The Morgan fingerprint density at radius 2 is 2.03 bits per heavy atom. The molecule has 2 aliphatic rings. The van der Waals surface area contributed by atoms with Crippen molar-refractivity contribution in [2.24, 2.45) is 0 Å². The van der Waals surface area contributed by atoms with E-state index < -0.39 is 6.29 Å². The van der Waals surface area contributed by atoms with Crippen LogP contribution >= 0.6 is 27.7 Å². The molecule has 170 valence electrons. The SMILES string of the molecule is COc1ccc(/C=C2/SC3CCCCC3N(CC(=O)NCC(OC)OC)C2=O)cc1Br. The Bertz CT molecular complexity index is 830. The molecule has 2 atom stereocenters. The normalized spacial score (nSPS) is 22.5. The third-order valence-electron chi connectivity index (χ3n) is 5.60. The zero-order valence-electron chi connectivity index (χ0n) is 18.1. The fourth-order valence-corrected chi connectivity index (χ4v) is 5.99. The minimum Gasteiger partial charge on any atom is -0.496 e. The summed E-state index contributed by atoms with van der Waals surface area (Å²) in [4.78, 5) is 28.3. The molecule has 1 saturated heterocycles. The third kappa shape index (κ3) is 6.03. The summed E-state index contributed by atoms with van der Waals surface area (Å²) in [7, 11) is 4.66. The van der Waals surface area contributed by atoms with E-state index in [2.05, 4.69) is 21.2 Å². The molecule has 3 rings (SSSR count). The van der Waals surface area contributed by atoms with Gasteiger partial charge in [-0.05, 0) is 52.5 Å². The topological polar surface area (TPSA) is 77.1 Å². The maximum Gasteiger partial charge on any atom is 0.261 e. The molecule has 9 heteroatoms. The van der Waals surface area contributed by atoms with Gasteiger partial charge < -0.3 is 24.4 Å². The lowest BCUT2D eigenvalue weighted by atomic mass is 9.93. The van der Waals surface area contributed by atoms with E-state index in [0.29, 0.717) is 10.2 Å². The molecule has 0 spiro atoms. The number of methoxy groups -OCH3 is 3. The number of nitrogens with one attached hydrogen (secondary N) is 1. The number of fused-ring (bicyclic) bond motifs is 1. The monoisotopic (exact) mass is 512 g/mol. The summed E-state index contributed by atoms with van der Waals surface area (Å²) in [5, 5.41) is 3.11. The minimum atomic E-state index is -0.511. The van der Waals surface area contributed by atoms with Crippen molar-refractivity contribution in [2.45, 2.75) is 43.3 Å². The first kappa shape index (κ1) is 24.1. The highest BCUT2D eigenvalue weighted by Gasteiger charge is 2.41. The number of hydrogen-bond acceptors (Lipinski definition) is 6. The van der Waals surface area contributed by atoms with Crippen LogP contribution in [0.25, 0.3) is 6.08 Å². The molecule has 0 bridgehead atoms. The second-order valence-electron chi connectivity index (χ2n) is 7.55. The first-order valence-corrected chi connectivity index (χ1v) is 12.0. The van der Waals surface area contributed by atoms with Crippen LogP contribution in [0.2, 0.25) is 0 Å². The second-order valence-corrected chi connectivity index (χ2v) is 9.68. The van der Waals surface area contributed by atoms with E-state index in [9.17, 15) is 9.59 Å². The van der Waals surface area contributed by atoms with E-state index in [4.69, 9.17) is 14.2 Å². The lowest BCUT2D eigenvalue weighted by molar-refractivity contribution is -0.137. The van der Waals surface area contributed by atoms with Crippen molar-refractivity contribution < 1.29 is 23.8 Å². The van der Waals surface area contributed by atoms with Gasteiger partial charge in [0.25, 0.3) is 5.91 Å². The quantitative estimate of drug-likeness (QED) is 0.424. The van der Waals surface area contributed by atoms with E-state index in [1.807, 2.05) is 24.3 Å². The number of carbonyl (C=O) groups excluding carboxylic acids is 2. The van der Waals surface area contributed by atoms with Gasteiger partial charge in [0.05, 0.1) is 23.0 Å². The average Bonchev–Trinajstić information content (AvgIpc) is 2.77. The summed E-state index contributed by atoms with van der Waals surface area (Å²) < 4.78 is 16.3. The van der Waals surface area contributed by atoms with E-state index in [1.54, 1.807) is 23.8 Å². The predicted octanol–water partition coefficient (Wildman–Crippen LogP) is 3.42. The zero-order valence-corrected chi connectivity index (χ0v) is 20.5. The van der Waals surface area contributed by atoms with Crippen molar-refractivity contribution in [1.29, 1.82) is 0 Å². The molecule has 1 aliphatic heterocycles. The number of halogens is 1. The van der Waals surface area contributed by atoms with Crippen LogP contribution in [0.15, 0.2) is 27.6 Å². The average molecular weight is 513 g/mol. The number of rotatable bonds is 8. The molecule has 1 aliphatic carbocycles. The molecule has 1 N–H and O–H groups in total. The van der Waals surface area contributed by atoms with Crippen LogP contribution in [-0.2, 0) is 19.1 Å². The summed E-state index contributed by atoms with van der Waals surface area (Å²) in [6, 6.07) is 5.80. The first-order chi connectivity index (χ1) is 15.0. The van der Waals surface area contributed by atoms with Crippen molar-refractivity contribution in [3.05, 3.63) is 33.1 Å². The smallest absolute Gasteiger partial charge is 0.261 e. The third-order valence-corrected chi connectivity index (χ3v) is 7.62. The number of benzene rings is 1. The van der Waals surface area contributed by atoms with Gasteiger partial charge in [-0.25, -0.2) is 0 Å². The minimum absolute atomic E-state index is 0.0321. The van der Waals surface area contributed by atoms with Crippen molar-refractivity contribution in [3.63, 3.8) is 0 Å². The van der Waals surface area contributed by atoms with E-state index in [-0.39, 0.29) is 30.9 Å². The van der Waals surface area contributed by atoms with Gasteiger partial charge in [0.1, 0.15) is 12.3 Å². The zero-order chi connectivity index (χ0) is 22.4. The lowest BCUT2D eigenvalue weighted by Gasteiger charge is -2.43. The first-order valence-electron chi connectivity index (χ1n) is 10.3. The Balaban J connectivity index is 1.78. The van der Waals surface area contributed by atoms with Crippen molar-refractivity contribution in [1.82, 2.24) is 10.2 Å².